The van der Waals surface area contributed by atoms with Crippen LogP contribution in [-0.2, 0) is 13.0 Å². The Morgan fingerprint density at radius 1 is 1.21 bits per heavy atom. The molecule has 2 N–H and O–H groups in total. The van der Waals surface area contributed by atoms with E-state index in [1.807, 2.05) is 30.3 Å². The number of nitro benzene ring substituents is 1. The Morgan fingerprint density at radius 2 is 2.00 bits per heavy atom. The number of rotatable bonds is 6. The zero-order valence-electron chi connectivity index (χ0n) is 13.3. The Bertz CT molecular complexity index is 734. The molecule has 2 aromatic rings. The number of benzene rings is 2. The predicted octanol–water partition coefficient (Wildman–Crippen LogP) is 3.16. The molecular formula is C17H19ClN4O2. The van der Waals surface area contributed by atoms with Crippen LogP contribution in [-0.4, -0.2) is 24.5 Å². The van der Waals surface area contributed by atoms with Gasteiger partial charge in [0, 0.05) is 37.3 Å². The van der Waals surface area contributed by atoms with Crippen LogP contribution in [0.2, 0.25) is 5.02 Å². The van der Waals surface area contributed by atoms with E-state index in [1.165, 1.54) is 6.07 Å². The maximum absolute atomic E-state index is 10.8. The standard InChI is InChI=1S/C17H19ClN4O2/c1-19-17(20-10-9-14-6-2-3-8-16(14)18)21-12-13-5-4-7-15(11-13)22(23)24/h2-8,11H,9-10,12H2,1H3,(H2,19,20,21). The van der Waals surface area contributed by atoms with Crippen molar-refractivity contribution in [1.29, 1.82) is 0 Å². The Morgan fingerprint density at radius 3 is 2.71 bits per heavy atom. The topological polar surface area (TPSA) is 79.6 Å². The summed E-state index contributed by atoms with van der Waals surface area (Å²) < 4.78 is 0. The second kappa shape index (κ2) is 8.88. The molecule has 0 aliphatic heterocycles. The van der Waals surface area contributed by atoms with Crippen molar-refractivity contribution >= 4 is 23.2 Å². The van der Waals surface area contributed by atoms with Crippen molar-refractivity contribution in [3.63, 3.8) is 0 Å². The van der Waals surface area contributed by atoms with Gasteiger partial charge >= 0.3 is 0 Å². The van der Waals surface area contributed by atoms with Crippen LogP contribution < -0.4 is 10.6 Å². The van der Waals surface area contributed by atoms with Gasteiger partial charge in [-0.3, -0.25) is 15.1 Å². The van der Waals surface area contributed by atoms with Gasteiger partial charge in [0.15, 0.2) is 5.96 Å². The van der Waals surface area contributed by atoms with Gasteiger partial charge in [0.1, 0.15) is 0 Å². The maximum atomic E-state index is 10.8. The molecule has 0 radical (unpaired) electrons. The highest BCUT2D eigenvalue weighted by molar-refractivity contribution is 6.31. The van der Waals surface area contributed by atoms with Gasteiger partial charge in [0.2, 0.25) is 0 Å². The van der Waals surface area contributed by atoms with Crippen molar-refractivity contribution in [2.24, 2.45) is 4.99 Å². The van der Waals surface area contributed by atoms with Crippen LogP contribution in [0.1, 0.15) is 11.1 Å². The van der Waals surface area contributed by atoms with Crippen molar-refractivity contribution in [2.45, 2.75) is 13.0 Å². The number of guanidine groups is 1. The van der Waals surface area contributed by atoms with Gasteiger partial charge in [-0.2, -0.15) is 0 Å². The van der Waals surface area contributed by atoms with Gasteiger partial charge in [-0.05, 0) is 23.6 Å². The highest BCUT2D eigenvalue weighted by Gasteiger charge is 2.06. The highest BCUT2D eigenvalue weighted by Crippen LogP contribution is 2.15. The second-order valence-electron chi connectivity index (χ2n) is 5.12. The average molecular weight is 347 g/mol. The van der Waals surface area contributed by atoms with Crippen LogP contribution in [0.4, 0.5) is 5.69 Å². The van der Waals surface area contributed by atoms with Crippen LogP contribution >= 0.6 is 11.6 Å². The summed E-state index contributed by atoms with van der Waals surface area (Å²) in [6.07, 6.45) is 0.775. The third-order valence-corrected chi connectivity index (χ3v) is 3.82. The lowest BCUT2D eigenvalue weighted by Gasteiger charge is -2.12. The summed E-state index contributed by atoms with van der Waals surface area (Å²) in [5.41, 5.74) is 1.97. The first kappa shape index (κ1) is 17.7. The first-order chi connectivity index (χ1) is 11.6. The number of non-ortho nitro benzene ring substituents is 1. The lowest BCUT2D eigenvalue weighted by atomic mass is 10.1. The van der Waals surface area contributed by atoms with Crippen molar-refractivity contribution < 1.29 is 4.92 Å². The van der Waals surface area contributed by atoms with Crippen LogP contribution in [0, 0.1) is 10.1 Å². The van der Waals surface area contributed by atoms with E-state index in [0.717, 1.165) is 22.6 Å². The maximum Gasteiger partial charge on any atom is 0.269 e. The second-order valence-corrected chi connectivity index (χ2v) is 5.53. The molecule has 6 nitrogen and oxygen atoms in total. The normalized spacial score (nSPS) is 11.2. The van der Waals surface area contributed by atoms with Crippen LogP contribution in [0.3, 0.4) is 0 Å². The molecular weight excluding hydrogens is 328 g/mol. The average Bonchev–Trinajstić information content (AvgIpc) is 2.59. The first-order valence-electron chi connectivity index (χ1n) is 7.51. The summed E-state index contributed by atoms with van der Waals surface area (Å²) in [7, 11) is 1.68. The molecule has 0 unspecified atom stereocenters. The summed E-state index contributed by atoms with van der Waals surface area (Å²) in [4.78, 5) is 14.5. The van der Waals surface area contributed by atoms with Gasteiger partial charge < -0.3 is 10.6 Å². The van der Waals surface area contributed by atoms with Gasteiger partial charge in [0.05, 0.1) is 4.92 Å². The first-order valence-corrected chi connectivity index (χ1v) is 7.89. The molecule has 0 amide bonds. The molecule has 0 heterocycles. The van der Waals surface area contributed by atoms with Gasteiger partial charge in [0.25, 0.3) is 5.69 Å². The molecule has 0 aliphatic carbocycles. The van der Waals surface area contributed by atoms with E-state index < -0.39 is 4.92 Å². The number of hydrogen-bond donors (Lipinski definition) is 2. The molecule has 2 rings (SSSR count). The molecule has 24 heavy (non-hydrogen) atoms. The smallest absolute Gasteiger partial charge is 0.269 e. The molecule has 0 spiro atoms. The van der Waals surface area contributed by atoms with E-state index in [4.69, 9.17) is 11.6 Å². The fourth-order valence-electron chi connectivity index (χ4n) is 2.20. The summed E-state index contributed by atoms with van der Waals surface area (Å²) in [5, 5.41) is 17.9. The largest absolute Gasteiger partial charge is 0.356 e. The predicted molar refractivity (Wildman–Crippen MR) is 96.5 cm³/mol. The van der Waals surface area contributed by atoms with E-state index in [1.54, 1.807) is 19.2 Å². The number of aliphatic imine (C=N–C) groups is 1. The van der Waals surface area contributed by atoms with E-state index in [-0.39, 0.29) is 5.69 Å². The quantitative estimate of drug-likeness (QED) is 0.364. The minimum atomic E-state index is -0.403. The molecule has 0 saturated carbocycles. The minimum absolute atomic E-state index is 0.0796. The molecule has 0 atom stereocenters. The Kier molecular flexibility index (Phi) is 6.57. The lowest BCUT2D eigenvalue weighted by Crippen LogP contribution is -2.37. The monoisotopic (exact) mass is 346 g/mol. The number of nitrogens with zero attached hydrogens (tertiary/aromatic N) is 2. The summed E-state index contributed by atoms with van der Waals surface area (Å²) >= 11 is 6.13. The summed E-state index contributed by atoms with van der Waals surface area (Å²) in [6, 6.07) is 14.2. The molecule has 2 aromatic carbocycles. The minimum Gasteiger partial charge on any atom is -0.356 e. The Labute approximate surface area is 145 Å². The third kappa shape index (κ3) is 5.24. The fourth-order valence-corrected chi connectivity index (χ4v) is 2.43. The molecule has 0 fully saturated rings. The summed E-state index contributed by atoms with van der Waals surface area (Å²) in [5.74, 6) is 0.633. The van der Waals surface area contributed by atoms with E-state index >= 15 is 0 Å². The molecule has 7 heteroatoms. The number of halogens is 1. The zero-order valence-corrected chi connectivity index (χ0v) is 14.1. The molecule has 0 aromatic heterocycles. The molecule has 126 valence electrons. The van der Waals surface area contributed by atoms with Crippen molar-refractivity contribution in [1.82, 2.24) is 10.6 Å². The van der Waals surface area contributed by atoms with Gasteiger partial charge in [-0.1, -0.05) is 41.9 Å². The van der Waals surface area contributed by atoms with Crippen molar-refractivity contribution in [3.05, 3.63) is 74.8 Å². The molecule has 0 saturated heterocycles. The summed E-state index contributed by atoms with van der Waals surface area (Å²) in [6.45, 7) is 1.13. The van der Waals surface area contributed by atoms with E-state index in [9.17, 15) is 10.1 Å². The molecule has 0 bridgehead atoms. The zero-order chi connectivity index (χ0) is 17.4. The SMILES string of the molecule is CN=C(NCCc1ccccc1Cl)NCc1cccc([N+](=O)[O-])c1. The lowest BCUT2D eigenvalue weighted by molar-refractivity contribution is -0.384. The van der Waals surface area contributed by atoms with E-state index in [0.29, 0.717) is 19.0 Å². The third-order valence-electron chi connectivity index (χ3n) is 3.45. The van der Waals surface area contributed by atoms with Gasteiger partial charge in [-0.25, -0.2) is 0 Å². The Balaban J connectivity index is 1.83. The van der Waals surface area contributed by atoms with Crippen LogP contribution in [0.5, 0.6) is 0 Å². The van der Waals surface area contributed by atoms with Crippen LogP contribution in [0.15, 0.2) is 53.5 Å². The van der Waals surface area contributed by atoms with Crippen LogP contribution in [0.25, 0.3) is 0 Å². The van der Waals surface area contributed by atoms with Gasteiger partial charge in [-0.15, -0.1) is 0 Å². The van der Waals surface area contributed by atoms with E-state index in [2.05, 4.69) is 15.6 Å². The van der Waals surface area contributed by atoms with Crippen molar-refractivity contribution in [3.8, 4) is 0 Å². The van der Waals surface area contributed by atoms with Crippen molar-refractivity contribution in [2.75, 3.05) is 13.6 Å². The number of nitro groups is 1. The number of hydrogen-bond acceptors (Lipinski definition) is 3. The number of nitrogens with one attached hydrogen (secondary N) is 2. The Hall–Kier alpha value is -2.60. The molecule has 0 aliphatic rings. The fraction of sp³-hybridized carbons (Fsp3) is 0.235. The highest BCUT2D eigenvalue weighted by atomic mass is 35.5.